The second kappa shape index (κ2) is 11.7. The van der Waals surface area contributed by atoms with Crippen LogP contribution in [-0.2, 0) is 16.1 Å². The Morgan fingerprint density at radius 1 is 1.05 bits per heavy atom. The third kappa shape index (κ3) is 6.46. The lowest BCUT2D eigenvalue weighted by Crippen LogP contribution is -2.27. The van der Waals surface area contributed by atoms with Crippen molar-refractivity contribution in [3.8, 4) is 11.5 Å². The van der Waals surface area contributed by atoms with Crippen molar-refractivity contribution in [1.82, 2.24) is 4.90 Å². The van der Waals surface area contributed by atoms with Gasteiger partial charge < -0.3 is 14.8 Å². The SMILES string of the molecule is COc1cc(/C=C2\SC(=O)N(Cc3ccc(C)cc3)C2=O)cc(Cl)c1OCC(=O)Nc1ccccc1Cl. The zero-order chi connectivity index (χ0) is 26.5. The monoisotopic (exact) mass is 556 g/mol. The van der Waals surface area contributed by atoms with Gasteiger partial charge in [0.05, 0.1) is 34.3 Å². The number of anilines is 1. The summed E-state index contributed by atoms with van der Waals surface area (Å²) in [6.45, 7) is 1.83. The molecule has 3 amide bonds. The Balaban J connectivity index is 1.47. The van der Waals surface area contributed by atoms with Gasteiger partial charge in [-0.05, 0) is 60.2 Å². The van der Waals surface area contributed by atoms with Crippen LogP contribution >= 0.6 is 35.0 Å². The highest BCUT2D eigenvalue weighted by Crippen LogP contribution is 2.39. The summed E-state index contributed by atoms with van der Waals surface area (Å²) in [5.41, 5.74) is 2.95. The zero-order valence-electron chi connectivity index (χ0n) is 19.9. The highest BCUT2D eigenvalue weighted by Gasteiger charge is 2.35. The molecule has 1 fully saturated rings. The molecule has 37 heavy (non-hydrogen) atoms. The lowest BCUT2D eigenvalue weighted by atomic mass is 10.1. The lowest BCUT2D eigenvalue weighted by Gasteiger charge is -2.14. The van der Waals surface area contributed by atoms with Crippen LogP contribution in [-0.4, -0.2) is 35.7 Å². The number of thioether (sulfide) groups is 1. The van der Waals surface area contributed by atoms with Crippen LogP contribution in [0.1, 0.15) is 16.7 Å². The minimum absolute atomic E-state index is 0.170. The van der Waals surface area contributed by atoms with E-state index in [1.54, 1.807) is 42.5 Å². The lowest BCUT2D eigenvalue weighted by molar-refractivity contribution is -0.123. The first-order chi connectivity index (χ1) is 17.7. The van der Waals surface area contributed by atoms with Crippen molar-refractivity contribution in [2.75, 3.05) is 19.0 Å². The summed E-state index contributed by atoms with van der Waals surface area (Å²) in [6, 6.07) is 17.7. The molecule has 0 atom stereocenters. The highest BCUT2D eigenvalue weighted by atomic mass is 35.5. The number of carbonyl (C=O) groups is 3. The van der Waals surface area contributed by atoms with Crippen LogP contribution < -0.4 is 14.8 Å². The molecule has 1 heterocycles. The first kappa shape index (κ1) is 26.6. The zero-order valence-corrected chi connectivity index (χ0v) is 22.2. The Labute approximate surface area is 228 Å². The third-order valence-electron chi connectivity index (χ3n) is 5.38. The standard InChI is InChI=1S/C27H22Cl2N2O5S/c1-16-7-9-17(10-8-16)14-31-26(33)23(37-27(31)34)13-18-11-20(29)25(22(12-18)35-2)36-15-24(32)30-21-6-4-3-5-19(21)28/h3-13H,14-15H2,1-2H3,(H,30,32)/b23-13-. The number of hydrogen-bond donors (Lipinski definition) is 1. The number of nitrogens with one attached hydrogen (secondary N) is 1. The molecule has 0 aromatic heterocycles. The van der Waals surface area contributed by atoms with Crippen molar-refractivity contribution >= 4 is 63.8 Å². The Morgan fingerprint density at radius 2 is 1.78 bits per heavy atom. The average Bonchev–Trinajstić information content (AvgIpc) is 3.13. The van der Waals surface area contributed by atoms with Crippen LogP contribution in [0.3, 0.4) is 0 Å². The maximum absolute atomic E-state index is 12.9. The molecule has 3 aromatic carbocycles. The topological polar surface area (TPSA) is 84.9 Å². The fourth-order valence-corrected chi connectivity index (χ4v) is 4.81. The Bertz CT molecular complexity index is 1390. The van der Waals surface area contributed by atoms with Crippen LogP contribution in [0.25, 0.3) is 6.08 Å². The van der Waals surface area contributed by atoms with E-state index >= 15 is 0 Å². The summed E-state index contributed by atoms with van der Waals surface area (Å²) < 4.78 is 11.0. The van der Waals surface area contributed by atoms with Gasteiger partial charge in [-0.3, -0.25) is 19.3 Å². The largest absolute Gasteiger partial charge is 0.493 e. The maximum Gasteiger partial charge on any atom is 0.293 e. The molecule has 1 saturated heterocycles. The predicted octanol–water partition coefficient (Wildman–Crippen LogP) is 6.56. The first-order valence-electron chi connectivity index (χ1n) is 11.1. The van der Waals surface area contributed by atoms with E-state index in [9.17, 15) is 14.4 Å². The molecule has 7 nitrogen and oxygen atoms in total. The van der Waals surface area contributed by atoms with Crippen molar-refractivity contribution in [1.29, 1.82) is 0 Å². The molecular formula is C27H22Cl2N2O5S. The number of imide groups is 1. The van der Waals surface area contributed by atoms with Crippen molar-refractivity contribution in [3.63, 3.8) is 0 Å². The number of nitrogens with zero attached hydrogens (tertiary/aromatic N) is 1. The Hall–Kier alpha value is -3.46. The summed E-state index contributed by atoms with van der Waals surface area (Å²) >= 11 is 13.4. The molecule has 10 heteroatoms. The predicted molar refractivity (Wildman–Crippen MR) is 146 cm³/mol. The van der Waals surface area contributed by atoms with Gasteiger partial charge in [-0.15, -0.1) is 0 Å². The van der Waals surface area contributed by atoms with Gasteiger partial charge in [0.25, 0.3) is 17.1 Å². The molecule has 0 aliphatic carbocycles. The van der Waals surface area contributed by atoms with Gasteiger partial charge in [-0.2, -0.15) is 0 Å². The minimum Gasteiger partial charge on any atom is -0.493 e. The molecule has 0 saturated carbocycles. The highest BCUT2D eigenvalue weighted by molar-refractivity contribution is 8.18. The van der Waals surface area contributed by atoms with Gasteiger partial charge in [0.2, 0.25) is 0 Å². The van der Waals surface area contributed by atoms with Crippen LogP contribution in [0.4, 0.5) is 10.5 Å². The van der Waals surface area contributed by atoms with Gasteiger partial charge in [-0.25, -0.2) is 0 Å². The van der Waals surface area contributed by atoms with E-state index in [0.29, 0.717) is 16.3 Å². The molecule has 1 aliphatic rings. The summed E-state index contributed by atoms with van der Waals surface area (Å²) in [4.78, 5) is 39.2. The summed E-state index contributed by atoms with van der Waals surface area (Å²) in [7, 11) is 1.43. The summed E-state index contributed by atoms with van der Waals surface area (Å²) in [5.74, 6) is -0.383. The smallest absolute Gasteiger partial charge is 0.293 e. The van der Waals surface area contributed by atoms with Crippen molar-refractivity contribution in [2.24, 2.45) is 0 Å². The molecule has 0 radical (unpaired) electrons. The van der Waals surface area contributed by atoms with Crippen LogP contribution in [0.5, 0.6) is 11.5 Å². The van der Waals surface area contributed by atoms with E-state index in [-0.39, 0.29) is 45.7 Å². The average molecular weight is 557 g/mol. The fraction of sp³-hybridized carbons (Fsp3) is 0.148. The number of carbonyl (C=O) groups excluding carboxylic acids is 3. The van der Waals surface area contributed by atoms with Gasteiger partial charge in [0.15, 0.2) is 18.1 Å². The third-order valence-corrected chi connectivity index (χ3v) is 6.90. The first-order valence-corrected chi connectivity index (χ1v) is 12.7. The Kier molecular flexibility index (Phi) is 8.43. The van der Waals surface area contributed by atoms with Crippen LogP contribution in [0.2, 0.25) is 10.0 Å². The number of halogens is 2. The summed E-state index contributed by atoms with van der Waals surface area (Å²) in [5, 5.41) is 2.89. The number of methoxy groups -OCH3 is 1. The van der Waals surface area contributed by atoms with E-state index in [4.69, 9.17) is 32.7 Å². The van der Waals surface area contributed by atoms with E-state index in [0.717, 1.165) is 22.9 Å². The van der Waals surface area contributed by atoms with E-state index in [2.05, 4.69) is 5.32 Å². The van der Waals surface area contributed by atoms with Gasteiger partial charge >= 0.3 is 0 Å². The Morgan fingerprint density at radius 3 is 2.49 bits per heavy atom. The van der Waals surface area contributed by atoms with Crippen LogP contribution in [0, 0.1) is 6.92 Å². The van der Waals surface area contributed by atoms with Gasteiger partial charge in [-0.1, -0.05) is 65.2 Å². The van der Waals surface area contributed by atoms with E-state index < -0.39 is 5.91 Å². The molecule has 1 aliphatic heterocycles. The van der Waals surface area contributed by atoms with Gasteiger partial charge in [0, 0.05) is 0 Å². The van der Waals surface area contributed by atoms with E-state index in [1.807, 2.05) is 31.2 Å². The molecule has 1 N–H and O–H groups in total. The van der Waals surface area contributed by atoms with Crippen LogP contribution in [0.15, 0.2) is 65.6 Å². The molecule has 0 spiro atoms. The number of para-hydroxylation sites is 1. The molecule has 0 bridgehead atoms. The fourth-order valence-electron chi connectivity index (χ4n) is 3.51. The van der Waals surface area contributed by atoms with Gasteiger partial charge in [0.1, 0.15) is 0 Å². The minimum atomic E-state index is -0.433. The molecule has 190 valence electrons. The second-order valence-corrected chi connectivity index (χ2v) is 9.91. The number of aryl methyl sites for hydroxylation is 1. The number of ether oxygens (including phenoxy) is 2. The number of amides is 3. The molecular weight excluding hydrogens is 535 g/mol. The molecule has 3 aromatic rings. The maximum atomic E-state index is 12.9. The number of rotatable bonds is 8. The quantitative estimate of drug-likeness (QED) is 0.316. The number of hydrogen-bond acceptors (Lipinski definition) is 6. The normalized spacial score (nSPS) is 14.3. The molecule has 0 unspecified atom stereocenters. The van der Waals surface area contributed by atoms with Crippen molar-refractivity contribution in [2.45, 2.75) is 13.5 Å². The van der Waals surface area contributed by atoms with Crippen molar-refractivity contribution in [3.05, 3.63) is 92.3 Å². The second-order valence-electron chi connectivity index (χ2n) is 8.10. The van der Waals surface area contributed by atoms with Crippen molar-refractivity contribution < 1.29 is 23.9 Å². The number of benzene rings is 3. The summed E-state index contributed by atoms with van der Waals surface area (Å²) in [6.07, 6.45) is 1.57. The molecule has 4 rings (SSSR count). The van der Waals surface area contributed by atoms with E-state index in [1.165, 1.54) is 12.0 Å².